The first-order chi connectivity index (χ1) is 7.31. The third-order valence-electron chi connectivity index (χ3n) is 3.78. The largest absolute Gasteiger partial charge is 0.497 e. The molecule has 1 N–H and O–H groups in total. The van der Waals surface area contributed by atoms with Gasteiger partial charge < -0.3 is 10.1 Å². The lowest BCUT2D eigenvalue weighted by atomic mass is 9.95. The maximum Gasteiger partial charge on any atom is 0.119 e. The molecule has 1 unspecified atom stereocenters. The van der Waals surface area contributed by atoms with Crippen LogP contribution in [-0.2, 0) is 0 Å². The van der Waals surface area contributed by atoms with Crippen molar-refractivity contribution in [3.8, 4) is 5.75 Å². The molecule has 2 heteroatoms. The standard InChI is InChI=1S/C13H17NO/c1-15-12-4-2-3-10(7-12)11-8-13(5-6-13)14-9-11/h2-4,7,11,14H,5-6,8-9H2,1H3. The zero-order chi connectivity index (χ0) is 10.3. The Bertz CT molecular complexity index is 371. The Hall–Kier alpha value is -1.02. The number of nitrogens with one attached hydrogen (secondary N) is 1. The van der Waals surface area contributed by atoms with Crippen LogP contribution in [0.25, 0.3) is 0 Å². The summed E-state index contributed by atoms with van der Waals surface area (Å²) in [6.07, 6.45) is 4.04. The molecule has 2 fully saturated rings. The second-order valence-corrected chi connectivity index (χ2v) is 4.84. The van der Waals surface area contributed by atoms with Gasteiger partial charge in [0, 0.05) is 12.1 Å². The predicted octanol–water partition coefficient (Wildman–Crippen LogP) is 2.30. The van der Waals surface area contributed by atoms with E-state index in [9.17, 15) is 0 Å². The quantitative estimate of drug-likeness (QED) is 0.796. The van der Waals surface area contributed by atoms with Crippen LogP contribution in [0.4, 0.5) is 0 Å². The van der Waals surface area contributed by atoms with Crippen LogP contribution in [0.5, 0.6) is 5.75 Å². The summed E-state index contributed by atoms with van der Waals surface area (Å²) in [6, 6.07) is 8.49. The zero-order valence-electron chi connectivity index (χ0n) is 9.12. The van der Waals surface area contributed by atoms with Gasteiger partial charge in [-0.05, 0) is 42.9 Å². The van der Waals surface area contributed by atoms with E-state index in [0.717, 1.165) is 12.3 Å². The molecule has 80 valence electrons. The molecule has 0 aromatic heterocycles. The van der Waals surface area contributed by atoms with Crippen molar-refractivity contribution in [3.63, 3.8) is 0 Å². The van der Waals surface area contributed by atoms with Crippen molar-refractivity contribution >= 4 is 0 Å². The molecule has 1 aromatic rings. The van der Waals surface area contributed by atoms with E-state index in [1.807, 2.05) is 6.07 Å². The third-order valence-corrected chi connectivity index (χ3v) is 3.78. The van der Waals surface area contributed by atoms with Crippen LogP contribution in [0.3, 0.4) is 0 Å². The van der Waals surface area contributed by atoms with E-state index < -0.39 is 0 Å². The molecule has 2 nitrogen and oxygen atoms in total. The van der Waals surface area contributed by atoms with Gasteiger partial charge in [-0.15, -0.1) is 0 Å². The van der Waals surface area contributed by atoms with E-state index in [-0.39, 0.29) is 0 Å². The highest BCUT2D eigenvalue weighted by Crippen LogP contribution is 2.47. The van der Waals surface area contributed by atoms with Gasteiger partial charge >= 0.3 is 0 Å². The molecule has 1 aromatic carbocycles. The van der Waals surface area contributed by atoms with Crippen molar-refractivity contribution in [1.82, 2.24) is 5.32 Å². The van der Waals surface area contributed by atoms with Crippen LogP contribution >= 0.6 is 0 Å². The van der Waals surface area contributed by atoms with E-state index in [2.05, 4.69) is 23.5 Å². The Morgan fingerprint density at radius 1 is 1.40 bits per heavy atom. The first-order valence-electron chi connectivity index (χ1n) is 5.70. The van der Waals surface area contributed by atoms with Crippen LogP contribution in [0, 0.1) is 0 Å². The fourth-order valence-electron chi connectivity index (χ4n) is 2.62. The topological polar surface area (TPSA) is 21.3 Å². The van der Waals surface area contributed by atoms with Gasteiger partial charge in [-0.3, -0.25) is 0 Å². The molecule has 0 radical (unpaired) electrons. The highest BCUT2D eigenvalue weighted by Gasteiger charge is 2.48. The second-order valence-electron chi connectivity index (χ2n) is 4.84. The van der Waals surface area contributed by atoms with Crippen molar-refractivity contribution in [3.05, 3.63) is 29.8 Å². The van der Waals surface area contributed by atoms with Gasteiger partial charge in [0.15, 0.2) is 0 Å². The summed E-state index contributed by atoms with van der Waals surface area (Å²) in [5.74, 6) is 1.66. The molecule has 1 aliphatic heterocycles. The van der Waals surface area contributed by atoms with E-state index >= 15 is 0 Å². The molecule has 3 rings (SSSR count). The van der Waals surface area contributed by atoms with Gasteiger partial charge in [-0.2, -0.15) is 0 Å². The van der Waals surface area contributed by atoms with Crippen molar-refractivity contribution in [2.75, 3.05) is 13.7 Å². The fourth-order valence-corrected chi connectivity index (χ4v) is 2.62. The van der Waals surface area contributed by atoms with Crippen LogP contribution in [0.15, 0.2) is 24.3 Å². The van der Waals surface area contributed by atoms with E-state index in [1.54, 1.807) is 7.11 Å². The van der Waals surface area contributed by atoms with Crippen molar-refractivity contribution in [1.29, 1.82) is 0 Å². The Balaban J connectivity index is 1.80. The molecular formula is C13H17NO. The molecule has 1 aliphatic carbocycles. The SMILES string of the molecule is COc1cccc(C2CNC3(CC3)C2)c1. The average Bonchev–Trinajstić information content (AvgIpc) is 2.89. The van der Waals surface area contributed by atoms with E-state index in [1.165, 1.54) is 24.8 Å². The minimum absolute atomic E-state index is 0.522. The summed E-state index contributed by atoms with van der Waals surface area (Å²) in [4.78, 5) is 0. The van der Waals surface area contributed by atoms with Gasteiger partial charge in [-0.1, -0.05) is 12.1 Å². The van der Waals surface area contributed by atoms with Crippen molar-refractivity contribution in [2.24, 2.45) is 0 Å². The molecular weight excluding hydrogens is 186 g/mol. The van der Waals surface area contributed by atoms with Crippen molar-refractivity contribution in [2.45, 2.75) is 30.7 Å². The summed E-state index contributed by atoms with van der Waals surface area (Å²) in [6.45, 7) is 1.13. The number of ether oxygens (including phenoxy) is 1. The number of hydrogen-bond donors (Lipinski definition) is 1. The van der Waals surface area contributed by atoms with Gasteiger partial charge in [0.05, 0.1) is 7.11 Å². The lowest BCUT2D eigenvalue weighted by Gasteiger charge is -2.10. The van der Waals surface area contributed by atoms with Crippen molar-refractivity contribution < 1.29 is 4.74 Å². The Morgan fingerprint density at radius 2 is 2.27 bits per heavy atom. The van der Waals surface area contributed by atoms with E-state index in [4.69, 9.17) is 4.74 Å². The summed E-state index contributed by atoms with van der Waals surface area (Å²) < 4.78 is 5.26. The Morgan fingerprint density at radius 3 is 2.93 bits per heavy atom. The number of hydrogen-bond acceptors (Lipinski definition) is 2. The molecule has 0 amide bonds. The van der Waals surface area contributed by atoms with E-state index in [0.29, 0.717) is 11.5 Å². The molecule has 2 aliphatic rings. The third kappa shape index (κ3) is 1.63. The van der Waals surface area contributed by atoms with Crippen LogP contribution < -0.4 is 10.1 Å². The Kier molecular flexibility index (Phi) is 1.99. The normalized spacial score (nSPS) is 26.9. The highest BCUT2D eigenvalue weighted by atomic mass is 16.5. The summed E-state index contributed by atoms with van der Waals surface area (Å²) >= 11 is 0. The van der Waals surface area contributed by atoms with Gasteiger partial charge in [0.1, 0.15) is 5.75 Å². The van der Waals surface area contributed by atoms with Crippen LogP contribution in [0.1, 0.15) is 30.7 Å². The maximum atomic E-state index is 5.26. The summed E-state index contributed by atoms with van der Waals surface area (Å²) in [7, 11) is 1.73. The minimum atomic E-state index is 0.522. The molecule has 1 saturated heterocycles. The maximum absolute atomic E-state index is 5.26. The van der Waals surface area contributed by atoms with Gasteiger partial charge in [0.2, 0.25) is 0 Å². The molecule has 1 spiro atoms. The van der Waals surface area contributed by atoms with Gasteiger partial charge in [-0.25, -0.2) is 0 Å². The predicted molar refractivity (Wildman–Crippen MR) is 60.3 cm³/mol. The summed E-state index contributed by atoms with van der Waals surface area (Å²) in [5, 5.41) is 3.65. The molecule has 1 saturated carbocycles. The first kappa shape index (κ1) is 9.22. The lowest BCUT2D eigenvalue weighted by molar-refractivity contribution is 0.414. The monoisotopic (exact) mass is 203 g/mol. The van der Waals surface area contributed by atoms with Crippen LogP contribution in [0.2, 0.25) is 0 Å². The molecule has 1 heterocycles. The highest BCUT2D eigenvalue weighted by molar-refractivity contribution is 5.33. The number of rotatable bonds is 2. The summed E-state index contributed by atoms with van der Waals surface area (Å²) in [5.41, 5.74) is 1.94. The molecule has 15 heavy (non-hydrogen) atoms. The smallest absolute Gasteiger partial charge is 0.119 e. The number of methoxy groups -OCH3 is 1. The van der Waals surface area contributed by atoms with Crippen LogP contribution in [-0.4, -0.2) is 19.2 Å². The lowest BCUT2D eigenvalue weighted by Crippen LogP contribution is -2.22. The average molecular weight is 203 g/mol. The Labute approximate surface area is 90.6 Å². The fraction of sp³-hybridized carbons (Fsp3) is 0.538. The zero-order valence-corrected chi connectivity index (χ0v) is 9.12. The first-order valence-corrected chi connectivity index (χ1v) is 5.70. The second kappa shape index (κ2) is 3.24. The van der Waals surface area contributed by atoms with Gasteiger partial charge in [0.25, 0.3) is 0 Å². The molecule has 1 atom stereocenters. The number of benzene rings is 1. The molecule has 0 bridgehead atoms. The minimum Gasteiger partial charge on any atom is -0.497 e.